The van der Waals surface area contributed by atoms with Crippen LogP contribution in [-0.4, -0.2) is 36.9 Å². The Labute approximate surface area is 99.0 Å². The molecule has 5 heteroatoms. The SMILES string of the molecule is COC(C)COC(=O)c1ccccc1C(=O)O. The van der Waals surface area contributed by atoms with E-state index in [9.17, 15) is 9.59 Å². The molecule has 0 saturated carbocycles. The van der Waals surface area contributed by atoms with Crippen molar-refractivity contribution in [2.75, 3.05) is 13.7 Å². The van der Waals surface area contributed by atoms with E-state index in [-0.39, 0.29) is 23.8 Å². The summed E-state index contributed by atoms with van der Waals surface area (Å²) in [5.74, 6) is -1.82. The van der Waals surface area contributed by atoms with Gasteiger partial charge >= 0.3 is 11.9 Å². The number of rotatable bonds is 5. The molecule has 5 nitrogen and oxygen atoms in total. The molecule has 0 fully saturated rings. The Balaban J connectivity index is 2.78. The zero-order valence-electron chi connectivity index (χ0n) is 9.67. The van der Waals surface area contributed by atoms with Crippen LogP contribution in [-0.2, 0) is 9.47 Å². The Bertz CT molecular complexity index is 413. The van der Waals surface area contributed by atoms with Crippen LogP contribution in [0.2, 0.25) is 0 Å². The van der Waals surface area contributed by atoms with Crippen molar-refractivity contribution in [1.29, 1.82) is 0 Å². The van der Waals surface area contributed by atoms with Gasteiger partial charge < -0.3 is 14.6 Å². The molecule has 0 radical (unpaired) electrons. The maximum absolute atomic E-state index is 11.6. The van der Waals surface area contributed by atoms with E-state index < -0.39 is 11.9 Å². The fourth-order valence-electron chi connectivity index (χ4n) is 1.19. The van der Waals surface area contributed by atoms with Gasteiger partial charge in [-0.2, -0.15) is 0 Å². The highest BCUT2D eigenvalue weighted by molar-refractivity contribution is 6.02. The lowest BCUT2D eigenvalue weighted by Gasteiger charge is -2.11. The standard InChI is InChI=1S/C12H14O5/c1-8(16-2)7-17-12(15)10-6-4-3-5-9(10)11(13)14/h3-6,8H,7H2,1-2H3,(H,13,14). The highest BCUT2D eigenvalue weighted by Crippen LogP contribution is 2.10. The molecule has 1 aromatic rings. The van der Waals surface area contributed by atoms with Crippen molar-refractivity contribution in [2.24, 2.45) is 0 Å². The zero-order chi connectivity index (χ0) is 12.8. The van der Waals surface area contributed by atoms with E-state index in [1.807, 2.05) is 0 Å². The number of aromatic carboxylic acids is 1. The van der Waals surface area contributed by atoms with E-state index in [4.69, 9.17) is 14.6 Å². The third kappa shape index (κ3) is 3.57. The molecular weight excluding hydrogens is 224 g/mol. The Kier molecular flexibility index (Phi) is 4.66. The van der Waals surface area contributed by atoms with Crippen molar-refractivity contribution in [3.8, 4) is 0 Å². The van der Waals surface area contributed by atoms with Crippen LogP contribution >= 0.6 is 0 Å². The first-order chi connectivity index (χ1) is 8.06. The molecule has 0 bridgehead atoms. The first-order valence-electron chi connectivity index (χ1n) is 5.08. The summed E-state index contributed by atoms with van der Waals surface area (Å²) >= 11 is 0. The topological polar surface area (TPSA) is 72.8 Å². The molecular formula is C12H14O5. The Morgan fingerprint density at radius 3 is 2.41 bits per heavy atom. The van der Waals surface area contributed by atoms with Gasteiger partial charge in [0.1, 0.15) is 6.61 Å². The van der Waals surface area contributed by atoms with Crippen LogP contribution in [0.15, 0.2) is 24.3 Å². The van der Waals surface area contributed by atoms with Gasteiger partial charge in [-0.15, -0.1) is 0 Å². The van der Waals surface area contributed by atoms with Crippen molar-refractivity contribution in [3.05, 3.63) is 35.4 Å². The van der Waals surface area contributed by atoms with Gasteiger partial charge in [-0.1, -0.05) is 12.1 Å². The summed E-state index contributed by atoms with van der Waals surface area (Å²) in [5, 5.41) is 8.91. The van der Waals surface area contributed by atoms with Crippen LogP contribution in [0.25, 0.3) is 0 Å². The highest BCUT2D eigenvalue weighted by atomic mass is 16.6. The second-order valence-electron chi connectivity index (χ2n) is 3.50. The number of carbonyl (C=O) groups is 2. The van der Waals surface area contributed by atoms with Crippen LogP contribution in [0.5, 0.6) is 0 Å². The zero-order valence-corrected chi connectivity index (χ0v) is 9.67. The number of carboxylic acids is 1. The number of carbonyl (C=O) groups excluding carboxylic acids is 1. The van der Waals surface area contributed by atoms with Crippen LogP contribution in [0.4, 0.5) is 0 Å². The molecule has 0 amide bonds. The van der Waals surface area contributed by atoms with Crippen molar-refractivity contribution in [3.63, 3.8) is 0 Å². The summed E-state index contributed by atoms with van der Waals surface area (Å²) in [4.78, 5) is 22.5. The highest BCUT2D eigenvalue weighted by Gasteiger charge is 2.17. The molecule has 1 atom stereocenters. The number of methoxy groups -OCH3 is 1. The summed E-state index contributed by atoms with van der Waals surface area (Å²) in [5.41, 5.74) is -0.0223. The average molecular weight is 238 g/mol. The van der Waals surface area contributed by atoms with Gasteiger partial charge in [-0.25, -0.2) is 9.59 Å². The average Bonchev–Trinajstić information content (AvgIpc) is 2.35. The summed E-state index contributed by atoms with van der Waals surface area (Å²) in [7, 11) is 1.50. The Hall–Kier alpha value is -1.88. The monoisotopic (exact) mass is 238 g/mol. The molecule has 0 saturated heterocycles. The smallest absolute Gasteiger partial charge is 0.339 e. The molecule has 0 heterocycles. The first kappa shape index (κ1) is 13.2. The van der Waals surface area contributed by atoms with Gasteiger partial charge in [0.25, 0.3) is 0 Å². The van der Waals surface area contributed by atoms with Gasteiger partial charge in [0.15, 0.2) is 0 Å². The Morgan fingerprint density at radius 1 is 1.29 bits per heavy atom. The van der Waals surface area contributed by atoms with Gasteiger partial charge in [0, 0.05) is 7.11 Å². The third-order valence-electron chi connectivity index (χ3n) is 2.23. The minimum atomic E-state index is -1.16. The summed E-state index contributed by atoms with van der Waals surface area (Å²) in [6, 6.07) is 5.92. The lowest BCUT2D eigenvalue weighted by Crippen LogP contribution is -2.19. The van der Waals surface area contributed by atoms with Crippen LogP contribution in [0.1, 0.15) is 27.6 Å². The fraction of sp³-hybridized carbons (Fsp3) is 0.333. The number of hydrogen-bond donors (Lipinski definition) is 1. The molecule has 1 unspecified atom stereocenters. The van der Waals surface area contributed by atoms with Gasteiger partial charge in [-0.05, 0) is 19.1 Å². The predicted octanol–water partition coefficient (Wildman–Crippen LogP) is 1.58. The van der Waals surface area contributed by atoms with Crippen LogP contribution in [0.3, 0.4) is 0 Å². The largest absolute Gasteiger partial charge is 0.478 e. The summed E-state index contributed by atoms with van der Waals surface area (Å²) < 4.78 is 9.86. The van der Waals surface area contributed by atoms with E-state index in [0.717, 1.165) is 0 Å². The number of carboxylic acid groups (broad SMARTS) is 1. The second-order valence-corrected chi connectivity index (χ2v) is 3.50. The number of hydrogen-bond acceptors (Lipinski definition) is 4. The molecule has 0 aromatic heterocycles. The molecule has 0 aliphatic carbocycles. The van der Waals surface area contributed by atoms with Gasteiger partial charge in [0.2, 0.25) is 0 Å². The molecule has 1 aromatic carbocycles. The molecule has 1 N–H and O–H groups in total. The van der Waals surface area contributed by atoms with Crippen molar-refractivity contribution in [2.45, 2.75) is 13.0 Å². The lowest BCUT2D eigenvalue weighted by atomic mass is 10.1. The molecule has 0 aliphatic rings. The van der Waals surface area contributed by atoms with E-state index in [1.54, 1.807) is 19.1 Å². The van der Waals surface area contributed by atoms with Crippen LogP contribution < -0.4 is 0 Å². The van der Waals surface area contributed by atoms with E-state index in [1.165, 1.54) is 19.2 Å². The van der Waals surface area contributed by atoms with Gasteiger partial charge in [-0.3, -0.25) is 0 Å². The van der Waals surface area contributed by atoms with Crippen molar-refractivity contribution in [1.82, 2.24) is 0 Å². The molecule has 1 rings (SSSR count). The summed E-state index contributed by atoms with van der Waals surface area (Å²) in [6.45, 7) is 1.83. The second kappa shape index (κ2) is 6.00. The third-order valence-corrected chi connectivity index (χ3v) is 2.23. The predicted molar refractivity (Wildman–Crippen MR) is 60.2 cm³/mol. The van der Waals surface area contributed by atoms with Crippen molar-refractivity contribution < 1.29 is 24.2 Å². The van der Waals surface area contributed by atoms with Crippen LogP contribution in [0, 0.1) is 0 Å². The maximum Gasteiger partial charge on any atom is 0.339 e. The number of esters is 1. The normalized spacial score (nSPS) is 11.9. The fourth-order valence-corrected chi connectivity index (χ4v) is 1.19. The van der Waals surface area contributed by atoms with Gasteiger partial charge in [0.05, 0.1) is 17.2 Å². The van der Waals surface area contributed by atoms with E-state index in [2.05, 4.69) is 0 Å². The number of benzene rings is 1. The molecule has 17 heavy (non-hydrogen) atoms. The minimum Gasteiger partial charge on any atom is -0.478 e. The first-order valence-corrected chi connectivity index (χ1v) is 5.08. The minimum absolute atomic E-state index is 0.0447. The van der Waals surface area contributed by atoms with Crippen molar-refractivity contribution >= 4 is 11.9 Å². The van der Waals surface area contributed by atoms with E-state index >= 15 is 0 Å². The Morgan fingerprint density at radius 2 is 1.88 bits per heavy atom. The number of ether oxygens (including phenoxy) is 2. The maximum atomic E-state index is 11.6. The molecule has 0 aliphatic heterocycles. The van der Waals surface area contributed by atoms with E-state index in [0.29, 0.717) is 0 Å². The molecule has 0 spiro atoms. The quantitative estimate of drug-likeness (QED) is 0.788. The summed E-state index contributed by atoms with van der Waals surface area (Å²) in [6.07, 6.45) is -0.226. The lowest BCUT2D eigenvalue weighted by molar-refractivity contribution is 0.0166. The molecule has 92 valence electrons.